The Balaban J connectivity index is 2.08. The molecule has 0 saturated heterocycles. The molecule has 23 heavy (non-hydrogen) atoms. The second-order valence-electron chi connectivity index (χ2n) is 4.64. The van der Waals surface area contributed by atoms with Crippen LogP contribution in [0.15, 0.2) is 47.5 Å². The molecule has 2 aromatic rings. The highest BCUT2D eigenvalue weighted by Gasteiger charge is 2.32. The summed E-state index contributed by atoms with van der Waals surface area (Å²) in [6.07, 6.45) is -4.78. The summed E-state index contributed by atoms with van der Waals surface area (Å²) in [6, 6.07) is 11.0. The standard InChI is InChI=1S/C15H15F3N4O/c1-10-5-4-6-11(21-10)9-20-14(19)22-12-7-2-3-8-13(12)23-15(16,17)18/h2-8H,9H2,1H3,(H3,19,20,22). The first-order valence-electron chi connectivity index (χ1n) is 6.68. The van der Waals surface area contributed by atoms with Crippen molar-refractivity contribution in [2.75, 3.05) is 5.32 Å². The first kappa shape index (κ1) is 16.6. The van der Waals surface area contributed by atoms with Crippen molar-refractivity contribution in [1.29, 1.82) is 0 Å². The largest absolute Gasteiger partial charge is 0.573 e. The number of para-hydroxylation sites is 2. The number of aliphatic imine (C=N–C) groups is 1. The number of aryl methyl sites for hydroxylation is 1. The Hall–Kier alpha value is -2.77. The van der Waals surface area contributed by atoms with E-state index >= 15 is 0 Å². The van der Waals surface area contributed by atoms with Gasteiger partial charge in [-0.05, 0) is 31.2 Å². The van der Waals surface area contributed by atoms with E-state index in [0.717, 1.165) is 5.69 Å². The van der Waals surface area contributed by atoms with E-state index in [1.165, 1.54) is 18.2 Å². The van der Waals surface area contributed by atoms with Gasteiger partial charge in [0.2, 0.25) is 0 Å². The van der Waals surface area contributed by atoms with E-state index in [2.05, 4.69) is 20.0 Å². The van der Waals surface area contributed by atoms with Crippen LogP contribution in [0.2, 0.25) is 0 Å². The number of alkyl halides is 3. The number of nitrogens with two attached hydrogens (primary N) is 1. The van der Waals surface area contributed by atoms with Gasteiger partial charge < -0.3 is 15.8 Å². The fraction of sp³-hybridized carbons (Fsp3) is 0.200. The molecular weight excluding hydrogens is 309 g/mol. The number of nitrogens with zero attached hydrogens (tertiary/aromatic N) is 2. The van der Waals surface area contributed by atoms with Crippen molar-refractivity contribution in [2.24, 2.45) is 10.7 Å². The van der Waals surface area contributed by atoms with Crippen LogP contribution in [0.5, 0.6) is 5.75 Å². The summed E-state index contributed by atoms with van der Waals surface area (Å²) in [5.74, 6) is -0.418. The van der Waals surface area contributed by atoms with Gasteiger partial charge in [0.1, 0.15) is 0 Å². The maximum atomic E-state index is 12.3. The molecule has 0 atom stereocenters. The Morgan fingerprint density at radius 3 is 2.65 bits per heavy atom. The van der Waals surface area contributed by atoms with Crippen LogP contribution in [0.25, 0.3) is 0 Å². The summed E-state index contributed by atoms with van der Waals surface area (Å²) in [5, 5.41) is 2.59. The lowest BCUT2D eigenvalue weighted by molar-refractivity contribution is -0.274. The van der Waals surface area contributed by atoms with E-state index in [0.29, 0.717) is 5.69 Å². The van der Waals surface area contributed by atoms with Gasteiger partial charge in [-0.15, -0.1) is 13.2 Å². The molecule has 2 rings (SSSR count). The van der Waals surface area contributed by atoms with E-state index in [-0.39, 0.29) is 23.9 Å². The molecule has 1 heterocycles. The molecule has 0 bridgehead atoms. The smallest absolute Gasteiger partial charge is 0.404 e. The monoisotopic (exact) mass is 324 g/mol. The van der Waals surface area contributed by atoms with E-state index < -0.39 is 6.36 Å². The van der Waals surface area contributed by atoms with Crippen molar-refractivity contribution in [2.45, 2.75) is 19.8 Å². The van der Waals surface area contributed by atoms with Gasteiger partial charge in [-0.3, -0.25) is 4.98 Å². The summed E-state index contributed by atoms with van der Waals surface area (Å²) in [6.45, 7) is 2.06. The Bertz CT molecular complexity index is 701. The van der Waals surface area contributed by atoms with Gasteiger partial charge >= 0.3 is 6.36 Å². The minimum absolute atomic E-state index is 0.0356. The zero-order chi connectivity index (χ0) is 16.9. The van der Waals surface area contributed by atoms with Crippen LogP contribution >= 0.6 is 0 Å². The zero-order valence-corrected chi connectivity index (χ0v) is 12.3. The molecule has 0 aliphatic carbocycles. The Labute approximate surface area is 131 Å². The van der Waals surface area contributed by atoms with Crippen LogP contribution < -0.4 is 15.8 Å². The van der Waals surface area contributed by atoms with Gasteiger partial charge in [-0.25, -0.2) is 4.99 Å². The molecule has 1 aromatic heterocycles. The van der Waals surface area contributed by atoms with Crippen LogP contribution in [-0.2, 0) is 6.54 Å². The predicted octanol–water partition coefficient (Wildman–Crippen LogP) is 3.22. The highest BCUT2D eigenvalue weighted by atomic mass is 19.4. The number of halogens is 3. The van der Waals surface area contributed by atoms with Gasteiger partial charge in [0, 0.05) is 5.69 Å². The number of aromatic nitrogens is 1. The number of nitrogens with one attached hydrogen (secondary N) is 1. The second-order valence-corrected chi connectivity index (χ2v) is 4.64. The fourth-order valence-corrected chi connectivity index (χ4v) is 1.81. The lowest BCUT2D eigenvalue weighted by atomic mass is 10.3. The van der Waals surface area contributed by atoms with E-state index in [1.807, 2.05) is 19.1 Å². The van der Waals surface area contributed by atoms with Crippen LogP contribution in [0, 0.1) is 6.92 Å². The number of guanidine groups is 1. The number of hydrogen-bond acceptors (Lipinski definition) is 3. The summed E-state index contributed by atoms with van der Waals surface area (Å²) in [5.41, 5.74) is 7.32. The third kappa shape index (κ3) is 5.50. The van der Waals surface area contributed by atoms with Gasteiger partial charge in [-0.1, -0.05) is 18.2 Å². The molecule has 8 heteroatoms. The average molecular weight is 324 g/mol. The van der Waals surface area contributed by atoms with Crippen LogP contribution in [-0.4, -0.2) is 17.3 Å². The van der Waals surface area contributed by atoms with E-state index in [9.17, 15) is 13.2 Å². The second kappa shape index (κ2) is 6.99. The third-order valence-corrected chi connectivity index (χ3v) is 2.73. The molecule has 1 aromatic carbocycles. The fourth-order valence-electron chi connectivity index (χ4n) is 1.81. The summed E-state index contributed by atoms with van der Waals surface area (Å²) in [7, 11) is 0. The molecule has 0 aliphatic heterocycles. The zero-order valence-electron chi connectivity index (χ0n) is 12.3. The molecule has 5 nitrogen and oxygen atoms in total. The molecule has 0 aliphatic rings. The van der Waals surface area contributed by atoms with Crippen LogP contribution in [0.1, 0.15) is 11.4 Å². The van der Waals surface area contributed by atoms with Gasteiger partial charge in [0.15, 0.2) is 11.7 Å². The minimum Gasteiger partial charge on any atom is -0.404 e. The lowest BCUT2D eigenvalue weighted by Crippen LogP contribution is -2.24. The summed E-state index contributed by atoms with van der Waals surface area (Å²) < 4.78 is 41.0. The Morgan fingerprint density at radius 2 is 1.96 bits per heavy atom. The van der Waals surface area contributed by atoms with Crippen molar-refractivity contribution in [3.63, 3.8) is 0 Å². The number of benzene rings is 1. The number of ether oxygens (including phenoxy) is 1. The highest BCUT2D eigenvalue weighted by Crippen LogP contribution is 2.29. The molecular formula is C15H15F3N4O. The maximum Gasteiger partial charge on any atom is 0.573 e. The van der Waals surface area contributed by atoms with E-state index in [1.54, 1.807) is 12.1 Å². The number of anilines is 1. The topological polar surface area (TPSA) is 72.5 Å². The van der Waals surface area contributed by atoms with E-state index in [4.69, 9.17) is 5.73 Å². The first-order chi connectivity index (χ1) is 10.8. The average Bonchev–Trinajstić information content (AvgIpc) is 2.46. The van der Waals surface area contributed by atoms with Crippen LogP contribution in [0.4, 0.5) is 18.9 Å². The normalized spacial score (nSPS) is 12.1. The van der Waals surface area contributed by atoms with Gasteiger partial charge in [0.25, 0.3) is 0 Å². The summed E-state index contributed by atoms with van der Waals surface area (Å²) >= 11 is 0. The SMILES string of the molecule is Cc1cccc(CN=C(N)Nc2ccccc2OC(F)(F)F)n1. The molecule has 3 N–H and O–H groups in total. The molecule has 0 unspecified atom stereocenters. The molecule has 0 spiro atoms. The number of rotatable bonds is 4. The van der Waals surface area contributed by atoms with Crippen molar-refractivity contribution >= 4 is 11.6 Å². The van der Waals surface area contributed by atoms with Crippen molar-refractivity contribution in [1.82, 2.24) is 4.98 Å². The first-order valence-corrected chi connectivity index (χ1v) is 6.68. The molecule has 0 radical (unpaired) electrons. The van der Waals surface area contributed by atoms with Crippen molar-refractivity contribution in [3.8, 4) is 5.75 Å². The minimum atomic E-state index is -4.78. The Kier molecular flexibility index (Phi) is 5.05. The number of pyridine rings is 1. The van der Waals surface area contributed by atoms with Gasteiger partial charge in [-0.2, -0.15) is 0 Å². The van der Waals surface area contributed by atoms with Gasteiger partial charge in [0.05, 0.1) is 17.9 Å². The highest BCUT2D eigenvalue weighted by molar-refractivity contribution is 5.93. The lowest BCUT2D eigenvalue weighted by Gasteiger charge is -2.14. The summed E-state index contributed by atoms with van der Waals surface area (Å²) in [4.78, 5) is 8.31. The quantitative estimate of drug-likeness (QED) is 0.669. The maximum absolute atomic E-state index is 12.3. The molecule has 0 amide bonds. The Morgan fingerprint density at radius 1 is 1.22 bits per heavy atom. The predicted molar refractivity (Wildman–Crippen MR) is 81.0 cm³/mol. The number of hydrogen-bond donors (Lipinski definition) is 2. The third-order valence-electron chi connectivity index (χ3n) is 2.73. The molecule has 0 saturated carbocycles. The molecule has 122 valence electrons. The molecule has 0 fully saturated rings. The van der Waals surface area contributed by atoms with Crippen molar-refractivity contribution < 1.29 is 17.9 Å². The van der Waals surface area contributed by atoms with Crippen LogP contribution in [0.3, 0.4) is 0 Å². The van der Waals surface area contributed by atoms with Crippen molar-refractivity contribution in [3.05, 3.63) is 53.9 Å².